The van der Waals surface area contributed by atoms with Crippen LogP contribution in [0, 0.1) is 11.6 Å². The monoisotopic (exact) mass is 355 g/mol. The minimum atomic E-state index is -3.49. The van der Waals surface area contributed by atoms with E-state index in [1.165, 1.54) is 12.1 Å². The van der Waals surface area contributed by atoms with Gasteiger partial charge in [-0.2, -0.15) is 0 Å². The number of carbonyl (C=O) groups is 1. The number of hydrogen-bond donors (Lipinski definition) is 1. The average Bonchev–Trinajstić information content (AvgIpc) is 2.55. The van der Waals surface area contributed by atoms with Crippen molar-refractivity contribution < 1.29 is 26.7 Å². The molecule has 8 heteroatoms. The van der Waals surface area contributed by atoms with Crippen LogP contribution in [0.2, 0.25) is 0 Å². The molecule has 0 aromatic heterocycles. The second kappa shape index (κ2) is 7.87. The van der Waals surface area contributed by atoms with E-state index in [9.17, 15) is 22.0 Å². The molecule has 0 aliphatic heterocycles. The standard InChI is InChI=1S/C16H15F2NO4S/c17-12-6-7-15(14(18)10-12)23-11-16(20)19-8-9-24(21,22)13-4-2-1-3-5-13/h1-7,10H,8-9,11H2,(H,19,20). The first-order valence-electron chi connectivity index (χ1n) is 7.01. The van der Waals surface area contributed by atoms with E-state index in [0.29, 0.717) is 6.07 Å². The number of benzene rings is 2. The number of ether oxygens (including phenoxy) is 1. The molecule has 0 atom stereocenters. The molecule has 2 aromatic rings. The van der Waals surface area contributed by atoms with Crippen LogP contribution >= 0.6 is 0 Å². The van der Waals surface area contributed by atoms with Crippen molar-refractivity contribution in [2.75, 3.05) is 18.9 Å². The summed E-state index contributed by atoms with van der Waals surface area (Å²) in [4.78, 5) is 11.8. The predicted molar refractivity (Wildman–Crippen MR) is 83.4 cm³/mol. The molecule has 0 bridgehead atoms. The lowest BCUT2D eigenvalue weighted by atomic mass is 10.3. The van der Waals surface area contributed by atoms with E-state index in [2.05, 4.69) is 5.32 Å². The minimum Gasteiger partial charge on any atom is -0.481 e. The Hall–Kier alpha value is -2.48. The molecule has 0 heterocycles. The van der Waals surface area contributed by atoms with Crippen LogP contribution in [0.25, 0.3) is 0 Å². The Morgan fingerprint density at radius 3 is 2.46 bits per heavy atom. The van der Waals surface area contributed by atoms with E-state index < -0.39 is 34.0 Å². The molecule has 0 spiro atoms. The van der Waals surface area contributed by atoms with Crippen molar-refractivity contribution in [3.8, 4) is 5.75 Å². The molecule has 1 amide bonds. The maximum Gasteiger partial charge on any atom is 0.257 e. The highest BCUT2D eigenvalue weighted by Crippen LogP contribution is 2.17. The van der Waals surface area contributed by atoms with Crippen molar-refractivity contribution in [1.82, 2.24) is 5.32 Å². The third-order valence-corrected chi connectivity index (χ3v) is 4.78. The zero-order chi connectivity index (χ0) is 17.6. The minimum absolute atomic E-state index is 0.106. The fourth-order valence-electron chi connectivity index (χ4n) is 1.86. The van der Waals surface area contributed by atoms with Crippen molar-refractivity contribution >= 4 is 15.7 Å². The van der Waals surface area contributed by atoms with Crippen molar-refractivity contribution in [3.05, 3.63) is 60.2 Å². The molecule has 0 aliphatic carbocycles. The largest absolute Gasteiger partial charge is 0.481 e. The van der Waals surface area contributed by atoms with Crippen molar-refractivity contribution in [3.63, 3.8) is 0 Å². The van der Waals surface area contributed by atoms with Crippen molar-refractivity contribution in [2.45, 2.75) is 4.90 Å². The lowest BCUT2D eigenvalue weighted by molar-refractivity contribution is -0.123. The Kier molecular flexibility index (Phi) is 5.86. The first-order chi connectivity index (χ1) is 11.4. The fourth-order valence-corrected chi connectivity index (χ4v) is 3.04. The summed E-state index contributed by atoms with van der Waals surface area (Å²) < 4.78 is 55.0. The van der Waals surface area contributed by atoms with Crippen molar-refractivity contribution in [1.29, 1.82) is 0 Å². The van der Waals surface area contributed by atoms with Gasteiger partial charge in [-0.15, -0.1) is 0 Å². The van der Waals surface area contributed by atoms with E-state index in [4.69, 9.17) is 4.74 Å². The second-order valence-electron chi connectivity index (χ2n) is 4.85. The van der Waals surface area contributed by atoms with Crippen LogP contribution in [-0.2, 0) is 14.6 Å². The molecule has 2 rings (SSSR count). The Morgan fingerprint density at radius 2 is 1.79 bits per heavy atom. The molecule has 0 saturated carbocycles. The predicted octanol–water partition coefficient (Wildman–Crippen LogP) is 1.93. The number of halogens is 2. The molecule has 0 fully saturated rings. The van der Waals surface area contributed by atoms with Gasteiger partial charge in [-0.05, 0) is 24.3 Å². The van der Waals surface area contributed by atoms with E-state index >= 15 is 0 Å². The number of hydrogen-bond acceptors (Lipinski definition) is 4. The molecule has 128 valence electrons. The van der Waals surface area contributed by atoms with Gasteiger partial charge in [-0.3, -0.25) is 4.79 Å². The quantitative estimate of drug-likeness (QED) is 0.824. The summed E-state index contributed by atoms with van der Waals surface area (Å²) in [5.74, 6) is -2.82. The lowest BCUT2D eigenvalue weighted by Crippen LogP contribution is -2.33. The normalized spacial score (nSPS) is 11.1. The summed E-state index contributed by atoms with van der Waals surface area (Å²) in [6.07, 6.45) is 0. The zero-order valence-corrected chi connectivity index (χ0v) is 13.4. The number of carbonyl (C=O) groups excluding carboxylic acids is 1. The molecule has 0 saturated heterocycles. The SMILES string of the molecule is O=C(COc1ccc(F)cc1F)NCCS(=O)(=O)c1ccccc1. The summed E-state index contributed by atoms with van der Waals surface area (Å²) in [6.45, 7) is -0.612. The number of nitrogens with one attached hydrogen (secondary N) is 1. The van der Waals surface area contributed by atoms with Crippen LogP contribution in [-0.4, -0.2) is 33.2 Å². The van der Waals surface area contributed by atoms with Crippen molar-refractivity contribution in [2.24, 2.45) is 0 Å². The zero-order valence-electron chi connectivity index (χ0n) is 12.5. The third-order valence-electron chi connectivity index (χ3n) is 3.05. The number of rotatable bonds is 7. The smallest absolute Gasteiger partial charge is 0.257 e. The van der Waals surface area contributed by atoms with E-state index in [1.807, 2.05) is 0 Å². The van der Waals surface area contributed by atoms with Gasteiger partial charge in [0.25, 0.3) is 5.91 Å². The van der Waals surface area contributed by atoms with Gasteiger partial charge >= 0.3 is 0 Å². The topological polar surface area (TPSA) is 72.5 Å². The molecule has 0 radical (unpaired) electrons. The molecule has 1 N–H and O–H groups in total. The summed E-state index contributed by atoms with van der Waals surface area (Å²) in [5, 5.41) is 2.37. The molecule has 0 aliphatic rings. The summed E-state index contributed by atoms with van der Waals surface area (Å²) in [7, 11) is -3.49. The van der Waals surface area contributed by atoms with Crippen LogP contribution in [0.5, 0.6) is 5.75 Å². The Balaban J connectivity index is 1.79. The second-order valence-corrected chi connectivity index (χ2v) is 6.95. The molecule has 0 unspecified atom stereocenters. The van der Waals surface area contributed by atoms with Gasteiger partial charge in [-0.1, -0.05) is 18.2 Å². The van der Waals surface area contributed by atoms with Crippen LogP contribution in [0.1, 0.15) is 0 Å². The molecule has 5 nitrogen and oxygen atoms in total. The first-order valence-corrected chi connectivity index (χ1v) is 8.66. The van der Waals surface area contributed by atoms with Gasteiger partial charge in [0.15, 0.2) is 28.0 Å². The summed E-state index contributed by atoms with van der Waals surface area (Å²) >= 11 is 0. The highest BCUT2D eigenvalue weighted by atomic mass is 32.2. The van der Waals surface area contributed by atoms with Gasteiger partial charge in [0.2, 0.25) is 0 Å². The Bertz CT molecular complexity index is 810. The van der Waals surface area contributed by atoms with Gasteiger partial charge in [0, 0.05) is 12.6 Å². The van der Waals surface area contributed by atoms with Crippen LogP contribution in [0.3, 0.4) is 0 Å². The van der Waals surface area contributed by atoms with Gasteiger partial charge < -0.3 is 10.1 Å². The Labute approximate surface area is 138 Å². The van der Waals surface area contributed by atoms with Crippen LogP contribution in [0.15, 0.2) is 53.4 Å². The highest BCUT2D eigenvalue weighted by Gasteiger charge is 2.14. The maximum absolute atomic E-state index is 13.3. The highest BCUT2D eigenvalue weighted by molar-refractivity contribution is 7.91. The van der Waals surface area contributed by atoms with Gasteiger partial charge in [-0.25, -0.2) is 17.2 Å². The van der Waals surface area contributed by atoms with Gasteiger partial charge in [0.05, 0.1) is 10.6 Å². The van der Waals surface area contributed by atoms with Crippen LogP contribution < -0.4 is 10.1 Å². The molecule has 24 heavy (non-hydrogen) atoms. The average molecular weight is 355 g/mol. The molecule has 2 aromatic carbocycles. The lowest BCUT2D eigenvalue weighted by Gasteiger charge is -2.09. The van der Waals surface area contributed by atoms with Crippen LogP contribution in [0.4, 0.5) is 8.78 Å². The molecular formula is C16H15F2NO4S. The maximum atomic E-state index is 13.3. The van der Waals surface area contributed by atoms with E-state index in [1.54, 1.807) is 18.2 Å². The first kappa shape index (κ1) is 17.9. The fraction of sp³-hybridized carbons (Fsp3) is 0.188. The van der Waals surface area contributed by atoms with E-state index in [0.717, 1.165) is 12.1 Å². The van der Waals surface area contributed by atoms with E-state index in [-0.39, 0.29) is 22.9 Å². The third kappa shape index (κ3) is 5.02. The number of amides is 1. The summed E-state index contributed by atoms with van der Waals surface area (Å²) in [5.41, 5.74) is 0. The number of sulfone groups is 1. The van der Waals surface area contributed by atoms with Gasteiger partial charge in [0.1, 0.15) is 5.82 Å². The Morgan fingerprint density at radius 1 is 1.08 bits per heavy atom. The summed E-state index contributed by atoms with van der Waals surface area (Å²) in [6, 6.07) is 10.6. The molecular weight excluding hydrogens is 340 g/mol.